The Kier molecular flexibility index (Phi) is 4.98. The summed E-state index contributed by atoms with van der Waals surface area (Å²) in [6.07, 6.45) is 0. The molecule has 0 fully saturated rings. The summed E-state index contributed by atoms with van der Waals surface area (Å²) < 4.78 is 0. The Morgan fingerprint density at radius 1 is 1.05 bits per heavy atom. The van der Waals surface area contributed by atoms with Gasteiger partial charge in [-0.1, -0.05) is 37.0 Å². The number of anilines is 3. The van der Waals surface area contributed by atoms with Crippen molar-refractivity contribution in [1.82, 2.24) is 10.2 Å². The number of amides is 1. The van der Waals surface area contributed by atoms with E-state index in [9.17, 15) is 4.79 Å². The van der Waals surface area contributed by atoms with E-state index >= 15 is 0 Å². The lowest BCUT2D eigenvalue weighted by Crippen LogP contribution is -2.18. The van der Waals surface area contributed by atoms with Crippen LogP contribution in [0.5, 0.6) is 0 Å². The molecule has 0 radical (unpaired) electrons. The van der Waals surface area contributed by atoms with Crippen LogP contribution in [0, 0.1) is 5.92 Å². The van der Waals surface area contributed by atoms with E-state index in [-0.39, 0.29) is 11.8 Å². The Morgan fingerprint density at radius 2 is 1.71 bits per heavy atom. The van der Waals surface area contributed by atoms with Crippen LogP contribution in [0.25, 0.3) is 0 Å². The lowest BCUT2D eigenvalue weighted by Gasteiger charge is -2.08. The van der Waals surface area contributed by atoms with Crippen LogP contribution in [0.2, 0.25) is 10.0 Å². The van der Waals surface area contributed by atoms with E-state index in [2.05, 4.69) is 20.8 Å². The van der Waals surface area contributed by atoms with Gasteiger partial charge in [-0.25, -0.2) is 0 Å². The second-order valence-corrected chi connectivity index (χ2v) is 5.52. The minimum Gasteiger partial charge on any atom is -0.339 e. The number of nitrogens with zero attached hydrogens (tertiary/aromatic N) is 2. The number of hydrogen-bond donors (Lipinski definition) is 2. The molecule has 0 aliphatic rings. The number of carbonyl (C=O) groups is 1. The molecule has 5 nitrogen and oxygen atoms in total. The van der Waals surface area contributed by atoms with E-state index in [0.29, 0.717) is 21.7 Å². The molecule has 0 aliphatic heterocycles. The largest absolute Gasteiger partial charge is 0.339 e. The van der Waals surface area contributed by atoms with Crippen molar-refractivity contribution in [3.05, 3.63) is 40.4 Å². The highest BCUT2D eigenvalue weighted by atomic mass is 35.5. The molecule has 1 aromatic heterocycles. The van der Waals surface area contributed by atoms with Gasteiger partial charge < -0.3 is 10.6 Å². The zero-order valence-electron chi connectivity index (χ0n) is 11.5. The molecule has 0 bridgehead atoms. The third-order valence-corrected chi connectivity index (χ3v) is 3.37. The van der Waals surface area contributed by atoms with Crippen molar-refractivity contribution in [2.75, 3.05) is 10.6 Å². The fourth-order valence-electron chi connectivity index (χ4n) is 1.46. The number of nitrogens with one attached hydrogen (secondary N) is 2. The molecule has 0 saturated heterocycles. The molecule has 1 heterocycles. The molecule has 1 aromatic carbocycles. The van der Waals surface area contributed by atoms with Crippen molar-refractivity contribution >= 4 is 46.4 Å². The first kappa shape index (κ1) is 15.5. The van der Waals surface area contributed by atoms with Crippen molar-refractivity contribution in [2.24, 2.45) is 5.92 Å². The number of rotatable bonds is 4. The van der Waals surface area contributed by atoms with Crippen molar-refractivity contribution in [1.29, 1.82) is 0 Å². The zero-order valence-corrected chi connectivity index (χ0v) is 13.0. The first-order valence-electron chi connectivity index (χ1n) is 6.32. The van der Waals surface area contributed by atoms with Gasteiger partial charge in [0.15, 0.2) is 11.6 Å². The maximum atomic E-state index is 11.5. The molecule has 2 N–H and O–H groups in total. The number of hydrogen-bond acceptors (Lipinski definition) is 4. The summed E-state index contributed by atoms with van der Waals surface area (Å²) in [5.74, 6) is 0.736. The van der Waals surface area contributed by atoms with Gasteiger partial charge in [-0.05, 0) is 30.3 Å². The fraction of sp³-hybridized carbons (Fsp3) is 0.214. The summed E-state index contributed by atoms with van der Waals surface area (Å²) in [4.78, 5) is 11.5. The number of halogens is 2. The lowest BCUT2D eigenvalue weighted by atomic mass is 10.2. The molecule has 2 rings (SSSR count). The van der Waals surface area contributed by atoms with E-state index in [0.717, 1.165) is 5.69 Å². The zero-order chi connectivity index (χ0) is 15.4. The quantitative estimate of drug-likeness (QED) is 0.887. The maximum Gasteiger partial charge on any atom is 0.228 e. The summed E-state index contributed by atoms with van der Waals surface area (Å²) in [5, 5.41) is 14.6. The maximum absolute atomic E-state index is 11.5. The van der Waals surface area contributed by atoms with E-state index in [4.69, 9.17) is 23.2 Å². The summed E-state index contributed by atoms with van der Waals surface area (Å²) >= 11 is 11.8. The molecule has 110 valence electrons. The minimum atomic E-state index is -0.110. The van der Waals surface area contributed by atoms with E-state index < -0.39 is 0 Å². The third kappa shape index (κ3) is 4.31. The predicted octanol–water partition coefficient (Wildman–Crippen LogP) is 4.12. The third-order valence-electron chi connectivity index (χ3n) is 2.63. The minimum absolute atomic E-state index is 0.102. The Morgan fingerprint density at radius 3 is 2.29 bits per heavy atom. The summed E-state index contributed by atoms with van der Waals surface area (Å²) in [5.41, 5.74) is 0.748. The van der Waals surface area contributed by atoms with Crippen molar-refractivity contribution < 1.29 is 4.79 Å². The Bertz CT molecular complexity index is 644. The summed E-state index contributed by atoms with van der Waals surface area (Å²) in [7, 11) is 0. The van der Waals surface area contributed by atoms with E-state index in [1.807, 2.05) is 13.8 Å². The average Bonchev–Trinajstić information content (AvgIpc) is 2.45. The molecule has 7 heteroatoms. The Hall–Kier alpha value is -1.85. The van der Waals surface area contributed by atoms with Crippen LogP contribution in [0.1, 0.15) is 13.8 Å². The highest BCUT2D eigenvalue weighted by Gasteiger charge is 2.08. The first-order chi connectivity index (χ1) is 9.95. The topological polar surface area (TPSA) is 66.9 Å². The fourth-order valence-corrected chi connectivity index (χ4v) is 1.76. The van der Waals surface area contributed by atoms with E-state index in [1.165, 1.54) is 0 Å². The van der Waals surface area contributed by atoms with Gasteiger partial charge in [-0.3, -0.25) is 4.79 Å². The molecule has 0 aliphatic carbocycles. The van der Waals surface area contributed by atoms with Gasteiger partial charge in [0.2, 0.25) is 5.91 Å². The highest BCUT2D eigenvalue weighted by Crippen LogP contribution is 2.26. The Labute approximate surface area is 132 Å². The smallest absolute Gasteiger partial charge is 0.228 e. The predicted molar refractivity (Wildman–Crippen MR) is 85.2 cm³/mol. The van der Waals surface area contributed by atoms with Gasteiger partial charge >= 0.3 is 0 Å². The summed E-state index contributed by atoms with van der Waals surface area (Å²) in [6.45, 7) is 3.62. The van der Waals surface area contributed by atoms with Gasteiger partial charge in [0.25, 0.3) is 0 Å². The molecule has 0 unspecified atom stereocenters. The van der Waals surface area contributed by atoms with Crippen LogP contribution in [0.4, 0.5) is 17.3 Å². The molecule has 1 amide bonds. The molecular formula is C14H14Cl2N4O. The Balaban J connectivity index is 2.05. The van der Waals surface area contributed by atoms with Crippen LogP contribution in [0.15, 0.2) is 30.3 Å². The van der Waals surface area contributed by atoms with Gasteiger partial charge in [-0.2, -0.15) is 0 Å². The number of benzene rings is 1. The van der Waals surface area contributed by atoms with Crippen molar-refractivity contribution in [3.8, 4) is 0 Å². The van der Waals surface area contributed by atoms with Crippen molar-refractivity contribution in [2.45, 2.75) is 13.8 Å². The first-order valence-corrected chi connectivity index (χ1v) is 7.08. The normalized spacial score (nSPS) is 10.5. The number of aromatic nitrogens is 2. The molecular weight excluding hydrogens is 311 g/mol. The van der Waals surface area contributed by atoms with Gasteiger partial charge in [0.05, 0.1) is 10.0 Å². The standard InChI is InChI=1S/C14H14Cl2N4O/c1-8(2)14(21)18-13-6-5-12(19-20-13)17-9-3-4-10(15)11(16)7-9/h3-8H,1-2H3,(H,17,19)(H,18,20,21). The molecule has 21 heavy (non-hydrogen) atoms. The van der Waals surface area contributed by atoms with Crippen LogP contribution >= 0.6 is 23.2 Å². The lowest BCUT2D eigenvalue weighted by molar-refractivity contribution is -0.118. The van der Waals surface area contributed by atoms with E-state index in [1.54, 1.807) is 30.3 Å². The average molecular weight is 325 g/mol. The molecule has 2 aromatic rings. The van der Waals surface area contributed by atoms with Crippen LogP contribution < -0.4 is 10.6 Å². The molecule has 0 atom stereocenters. The van der Waals surface area contributed by atoms with Crippen LogP contribution in [-0.2, 0) is 4.79 Å². The van der Waals surface area contributed by atoms with Gasteiger partial charge in [-0.15, -0.1) is 10.2 Å². The van der Waals surface area contributed by atoms with Crippen LogP contribution in [-0.4, -0.2) is 16.1 Å². The second kappa shape index (κ2) is 6.74. The van der Waals surface area contributed by atoms with Gasteiger partial charge in [0, 0.05) is 11.6 Å². The SMILES string of the molecule is CC(C)C(=O)Nc1ccc(Nc2ccc(Cl)c(Cl)c2)nn1. The second-order valence-electron chi connectivity index (χ2n) is 4.70. The molecule has 0 saturated carbocycles. The van der Waals surface area contributed by atoms with Gasteiger partial charge in [0.1, 0.15) is 0 Å². The summed E-state index contributed by atoms with van der Waals surface area (Å²) in [6, 6.07) is 8.56. The monoisotopic (exact) mass is 324 g/mol. The van der Waals surface area contributed by atoms with Crippen molar-refractivity contribution in [3.63, 3.8) is 0 Å². The van der Waals surface area contributed by atoms with Crippen LogP contribution in [0.3, 0.4) is 0 Å². The highest BCUT2D eigenvalue weighted by molar-refractivity contribution is 6.42. The molecule has 0 spiro atoms. The number of carbonyl (C=O) groups excluding carboxylic acids is 1.